The van der Waals surface area contributed by atoms with Gasteiger partial charge < -0.3 is 5.32 Å². The van der Waals surface area contributed by atoms with Crippen molar-refractivity contribution in [2.75, 3.05) is 5.32 Å². The molecule has 2 aromatic rings. The lowest BCUT2D eigenvalue weighted by molar-refractivity contribution is 1.20. The van der Waals surface area contributed by atoms with Crippen LogP contribution in [0, 0.1) is 13.8 Å². The molecule has 1 aromatic heterocycles. The van der Waals surface area contributed by atoms with E-state index in [4.69, 9.17) is 0 Å². The molecular formula is C12H13N3. The van der Waals surface area contributed by atoms with Gasteiger partial charge in [-0.1, -0.05) is 6.07 Å². The molecule has 1 heterocycles. The molecule has 0 aliphatic heterocycles. The lowest BCUT2D eigenvalue weighted by Crippen LogP contribution is -1.94. The summed E-state index contributed by atoms with van der Waals surface area (Å²) < 4.78 is 0. The number of aromatic nitrogens is 2. The van der Waals surface area contributed by atoms with Crippen molar-refractivity contribution < 1.29 is 0 Å². The van der Waals surface area contributed by atoms with Crippen LogP contribution in [0.5, 0.6) is 0 Å². The average Bonchev–Trinajstić information content (AvgIpc) is 2.17. The third-order valence-corrected chi connectivity index (χ3v) is 2.06. The summed E-state index contributed by atoms with van der Waals surface area (Å²) in [7, 11) is 0. The van der Waals surface area contributed by atoms with E-state index in [1.54, 1.807) is 18.6 Å². The van der Waals surface area contributed by atoms with Crippen LogP contribution in [0.1, 0.15) is 11.1 Å². The summed E-state index contributed by atoms with van der Waals surface area (Å²) in [5.41, 5.74) is 3.52. The molecule has 0 saturated heterocycles. The Kier molecular flexibility index (Phi) is 2.63. The molecular weight excluding hydrogens is 186 g/mol. The highest BCUT2D eigenvalue weighted by Crippen LogP contribution is 2.17. The molecule has 0 atom stereocenters. The molecule has 0 fully saturated rings. The van der Waals surface area contributed by atoms with E-state index < -0.39 is 0 Å². The second-order valence-corrected chi connectivity index (χ2v) is 3.59. The molecule has 3 nitrogen and oxygen atoms in total. The zero-order valence-electron chi connectivity index (χ0n) is 8.86. The van der Waals surface area contributed by atoms with Crippen LogP contribution in [0.4, 0.5) is 11.5 Å². The third-order valence-electron chi connectivity index (χ3n) is 2.06. The van der Waals surface area contributed by atoms with E-state index in [0.29, 0.717) is 0 Å². The molecule has 0 unspecified atom stereocenters. The summed E-state index contributed by atoms with van der Waals surface area (Å²) in [6.45, 7) is 4.16. The van der Waals surface area contributed by atoms with Crippen molar-refractivity contribution in [2.24, 2.45) is 0 Å². The number of anilines is 2. The predicted molar refractivity (Wildman–Crippen MR) is 61.2 cm³/mol. The minimum absolute atomic E-state index is 0.766. The number of hydrogen-bond acceptors (Lipinski definition) is 3. The summed E-state index contributed by atoms with van der Waals surface area (Å²) in [5.74, 6) is 0.766. The number of nitrogens with one attached hydrogen (secondary N) is 1. The minimum atomic E-state index is 0.766. The van der Waals surface area contributed by atoms with Gasteiger partial charge in [-0.05, 0) is 37.1 Å². The molecule has 76 valence electrons. The van der Waals surface area contributed by atoms with Crippen molar-refractivity contribution in [3.63, 3.8) is 0 Å². The first-order chi connectivity index (χ1) is 7.24. The van der Waals surface area contributed by atoms with Crippen LogP contribution in [0.3, 0.4) is 0 Å². The second kappa shape index (κ2) is 4.09. The van der Waals surface area contributed by atoms with Gasteiger partial charge in [0.2, 0.25) is 0 Å². The maximum Gasteiger partial charge on any atom is 0.148 e. The Hall–Kier alpha value is -1.90. The number of rotatable bonds is 2. The highest BCUT2D eigenvalue weighted by Gasteiger charge is 1.97. The van der Waals surface area contributed by atoms with Crippen molar-refractivity contribution in [1.82, 2.24) is 9.97 Å². The van der Waals surface area contributed by atoms with Crippen LogP contribution < -0.4 is 5.32 Å². The van der Waals surface area contributed by atoms with Crippen molar-refractivity contribution in [3.8, 4) is 0 Å². The predicted octanol–water partition coefficient (Wildman–Crippen LogP) is 2.84. The highest BCUT2D eigenvalue weighted by atomic mass is 15.0. The fraction of sp³-hybridized carbons (Fsp3) is 0.167. The van der Waals surface area contributed by atoms with E-state index in [1.807, 2.05) is 0 Å². The van der Waals surface area contributed by atoms with Crippen molar-refractivity contribution >= 4 is 11.5 Å². The minimum Gasteiger partial charge on any atom is -0.339 e. The van der Waals surface area contributed by atoms with Crippen LogP contribution in [-0.2, 0) is 0 Å². The summed E-state index contributed by atoms with van der Waals surface area (Å²) in [4.78, 5) is 8.16. The monoisotopic (exact) mass is 199 g/mol. The van der Waals surface area contributed by atoms with E-state index in [-0.39, 0.29) is 0 Å². The van der Waals surface area contributed by atoms with Crippen LogP contribution in [0.25, 0.3) is 0 Å². The van der Waals surface area contributed by atoms with Gasteiger partial charge in [-0.2, -0.15) is 0 Å². The van der Waals surface area contributed by atoms with E-state index >= 15 is 0 Å². The van der Waals surface area contributed by atoms with Crippen molar-refractivity contribution in [2.45, 2.75) is 13.8 Å². The van der Waals surface area contributed by atoms with E-state index in [2.05, 4.69) is 47.3 Å². The third kappa shape index (κ3) is 2.53. The first-order valence-corrected chi connectivity index (χ1v) is 4.85. The first-order valence-electron chi connectivity index (χ1n) is 4.85. The summed E-state index contributed by atoms with van der Waals surface area (Å²) in [5, 5.41) is 3.21. The molecule has 1 N–H and O–H groups in total. The Morgan fingerprint density at radius 3 is 2.33 bits per heavy atom. The molecule has 0 bridgehead atoms. The molecule has 0 aliphatic rings. The summed E-state index contributed by atoms with van der Waals surface area (Å²) in [6, 6.07) is 6.31. The number of benzene rings is 1. The first kappa shape index (κ1) is 9.65. The van der Waals surface area contributed by atoms with Crippen molar-refractivity contribution in [1.29, 1.82) is 0 Å². The molecule has 0 radical (unpaired) electrons. The standard InChI is InChI=1S/C12H13N3/c1-9-5-10(2)7-11(6-9)15-12-8-13-3-4-14-12/h3-8H,1-2H3,(H,14,15). The largest absolute Gasteiger partial charge is 0.339 e. The zero-order valence-corrected chi connectivity index (χ0v) is 8.86. The molecule has 0 spiro atoms. The molecule has 0 amide bonds. The Labute approximate surface area is 89.2 Å². The topological polar surface area (TPSA) is 37.8 Å². The van der Waals surface area contributed by atoms with Gasteiger partial charge in [-0.15, -0.1) is 0 Å². The summed E-state index contributed by atoms with van der Waals surface area (Å²) >= 11 is 0. The molecule has 3 heteroatoms. The molecule has 2 rings (SSSR count). The maximum atomic E-state index is 4.16. The van der Waals surface area contributed by atoms with Gasteiger partial charge in [0.25, 0.3) is 0 Å². The van der Waals surface area contributed by atoms with Gasteiger partial charge in [0, 0.05) is 18.1 Å². The Balaban J connectivity index is 2.25. The van der Waals surface area contributed by atoms with Crippen LogP contribution in [0.2, 0.25) is 0 Å². The van der Waals surface area contributed by atoms with Gasteiger partial charge in [0.1, 0.15) is 5.82 Å². The lowest BCUT2D eigenvalue weighted by atomic mass is 10.1. The molecule has 15 heavy (non-hydrogen) atoms. The Morgan fingerprint density at radius 2 is 1.73 bits per heavy atom. The number of aryl methyl sites for hydroxylation is 2. The van der Waals surface area contributed by atoms with Crippen LogP contribution in [0.15, 0.2) is 36.8 Å². The van der Waals surface area contributed by atoms with Crippen molar-refractivity contribution in [3.05, 3.63) is 47.9 Å². The molecule has 1 aromatic carbocycles. The average molecular weight is 199 g/mol. The summed E-state index contributed by atoms with van der Waals surface area (Å²) in [6.07, 6.45) is 5.04. The van der Waals surface area contributed by atoms with Crippen LogP contribution in [-0.4, -0.2) is 9.97 Å². The number of hydrogen-bond donors (Lipinski definition) is 1. The van der Waals surface area contributed by atoms with Gasteiger partial charge in [-0.3, -0.25) is 4.98 Å². The smallest absolute Gasteiger partial charge is 0.148 e. The molecule has 0 aliphatic carbocycles. The maximum absolute atomic E-state index is 4.16. The highest BCUT2D eigenvalue weighted by molar-refractivity contribution is 5.57. The van der Waals surface area contributed by atoms with E-state index in [1.165, 1.54) is 11.1 Å². The van der Waals surface area contributed by atoms with Crippen LogP contribution >= 0.6 is 0 Å². The Bertz CT molecular complexity index is 431. The molecule has 0 saturated carbocycles. The van der Waals surface area contributed by atoms with Gasteiger partial charge in [0.05, 0.1) is 6.20 Å². The van der Waals surface area contributed by atoms with Gasteiger partial charge in [0.15, 0.2) is 0 Å². The van der Waals surface area contributed by atoms with E-state index in [0.717, 1.165) is 11.5 Å². The van der Waals surface area contributed by atoms with Gasteiger partial charge >= 0.3 is 0 Å². The van der Waals surface area contributed by atoms with Gasteiger partial charge in [-0.25, -0.2) is 4.98 Å². The van der Waals surface area contributed by atoms with E-state index in [9.17, 15) is 0 Å². The fourth-order valence-corrected chi connectivity index (χ4v) is 1.56. The second-order valence-electron chi connectivity index (χ2n) is 3.59. The zero-order chi connectivity index (χ0) is 10.7. The Morgan fingerprint density at radius 1 is 1.00 bits per heavy atom. The fourth-order valence-electron chi connectivity index (χ4n) is 1.56. The quantitative estimate of drug-likeness (QED) is 0.808. The lowest BCUT2D eigenvalue weighted by Gasteiger charge is -2.06. The SMILES string of the molecule is Cc1cc(C)cc(Nc2cnccn2)c1. The normalized spacial score (nSPS) is 10.0. The number of nitrogens with zero attached hydrogens (tertiary/aromatic N) is 2.